The SMILES string of the molecule is Cl.N[C@@H]1CCCN(S(=O)(=O)c2ccc3c(c2)CCCC3)C1. The lowest BCUT2D eigenvalue weighted by atomic mass is 9.92. The third kappa shape index (κ3) is 3.42. The minimum atomic E-state index is -3.38. The van der Waals surface area contributed by atoms with Gasteiger partial charge in [0.2, 0.25) is 10.0 Å². The number of aryl methyl sites for hydroxylation is 2. The van der Waals surface area contributed by atoms with E-state index in [0.29, 0.717) is 18.0 Å². The van der Waals surface area contributed by atoms with Crippen molar-refractivity contribution in [3.63, 3.8) is 0 Å². The fourth-order valence-electron chi connectivity index (χ4n) is 3.21. The quantitative estimate of drug-likeness (QED) is 0.903. The van der Waals surface area contributed by atoms with Crippen LogP contribution in [0.3, 0.4) is 0 Å². The number of nitrogens with zero attached hydrogens (tertiary/aromatic N) is 1. The standard InChI is InChI=1S/C15H22N2O2S.ClH/c16-14-6-3-9-17(11-14)20(18,19)15-8-7-12-4-1-2-5-13(12)10-15;/h7-8,10,14H,1-6,9,11,16H2;1H/t14-;/m1./s1. The number of nitrogens with two attached hydrogens (primary N) is 1. The van der Waals surface area contributed by atoms with E-state index in [1.165, 1.54) is 17.5 Å². The lowest BCUT2D eigenvalue weighted by molar-refractivity contribution is 0.316. The normalized spacial score (nSPS) is 23.2. The van der Waals surface area contributed by atoms with Gasteiger partial charge < -0.3 is 5.73 Å². The molecule has 118 valence electrons. The van der Waals surface area contributed by atoms with Gasteiger partial charge >= 0.3 is 0 Å². The highest BCUT2D eigenvalue weighted by atomic mass is 35.5. The van der Waals surface area contributed by atoms with E-state index in [1.807, 2.05) is 12.1 Å². The van der Waals surface area contributed by atoms with E-state index in [-0.39, 0.29) is 18.4 Å². The molecule has 2 aliphatic rings. The molecular weight excluding hydrogens is 308 g/mol. The summed E-state index contributed by atoms with van der Waals surface area (Å²) in [5, 5.41) is 0. The molecule has 1 fully saturated rings. The first kappa shape index (κ1) is 16.7. The molecule has 0 spiro atoms. The van der Waals surface area contributed by atoms with E-state index in [0.717, 1.165) is 32.1 Å². The number of piperidine rings is 1. The van der Waals surface area contributed by atoms with Crippen molar-refractivity contribution in [2.45, 2.75) is 49.5 Å². The maximum atomic E-state index is 12.7. The van der Waals surface area contributed by atoms with E-state index < -0.39 is 10.0 Å². The number of rotatable bonds is 2. The molecule has 0 aromatic heterocycles. The van der Waals surface area contributed by atoms with Gasteiger partial charge in [-0.1, -0.05) is 6.07 Å². The fourth-order valence-corrected chi connectivity index (χ4v) is 4.80. The number of halogens is 1. The number of fused-ring (bicyclic) bond motifs is 1. The largest absolute Gasteiger partial charge is 0.327 e. The van der Waals surface area contributed by atoms with Gasteiger partial charge in [0.15, 0.2) is 0 Å². The summed E-state index contributed by atoms with van der Waals surface area (Å²) in [5.74, 6) is 0. The summed E-state index contributed by atoms with van der Waals surface area (Å²) in [6, 6.07) is 5.60. The van der Waals surface area contributed by atoms with Crippen LogP contribution in [0.15, 0.2) is 23.1 Å². The number of benzene rings is 1. The van der Waals surface area contributed by atoms with Crippen molar-refractivity contribution >= 4 is 22.4 Å². The van der Waals surface area contributed by atoms with Crippen molar-refractivity contribution in [2.24, 2.45) is 5.73 Å². The predicted molar refractivity (Wildman–Crippen MR) is 86.3 cm³/mol. The van der Waals surface area contributed by atoms with Gasteiger partial charge in [-0.05, 0) is 61.8 Å². The van der Waals surface area contributed by atoms with Crippen LogP contribution in [0.2, 0.25) is 0 Å². The van der Waals surface area contributed by atoms with Gasteiger partial charge in [-0.3, -0.25) is 0 Å². The van der Waals surface area contributed by atoms with Crippen molar-refractivity contribution in [3.8, 4) is 0 Å². The molecule has 1 aromatic rings. The Morgan fingerprint density at radius 1 is 1.10 bits per heavy atom. The Labute approximate surface area is 133 Å². The molecule has 1 heterocycles. The van der Waals surface area contributed by atoms with Gasteiger partial charge in [-0.2, -0.15) is 4.31 Å². The summed E-state index contributed by atoms with van der Waals surface area (Å²) < 4.78 is 26.9. The molecule has 0 bridgehead atoms. The third-order valence-electron chi connectivity index (χ3n) is 4.38. The van der Waals surface area contributed by atoms with Gasteiger partial charge in [-0.15, -0.1) is 12.4 Å². The number of sulfonamides is 1. The van der Waals surface area contributed by atoms with Gasteiger partial charge in [0.1, 0.15) is 0 Å². The molecule has 6 heteroatoms. The van der Waals surface area contributed by atoms with E-state index >= 15 is 0 Å². The van der Waals surface area contributed by atoms with Crippen molar-refractivity contribution in [3.05, 3.63) is 29.3 Å². The second-order valence-corrected chi connectivity index (χ2v) is 7.84. The molecule has 1 atom stereocenters. The highest BCUT2D eigenvalue weighted by Gasteiger charge is 2.29. The Kier molecular flexibility index (Phi) is 5.30. The Balaban J connectivity index is 0.00000161. The van der Waals surface area contributed by atoms with Crippen LogP contribution in [0.1, 0.15) is 36.8 Å². The Morgan fingerprint density at radius 2 is 1.81 bits per heavy atom. The highest BCUT2D eigenvalue weighted by molar-refractivity contribution is 7.89. The maximum absolute atomic E-state index is 12.7. The lowest BCUT2D eigenvalue weighted by Gasteiger charge is -2.30. The van der Waals surface area contributed by atoms with E-state index in [2.05, 4.69) is 0 Å². The van der Waals surface area contributed by atoms with Gasteiger partial charge in [0, 0.05) is 19.1 Å². The molecule has 2 N–H and O–H groups in total. The molecule has 4 nitrogen and oxygen atoms in total. The summed E-state index contributed by atoms with van der Waals surface area (Å²) >= 11 is 0. The predicted octanol–water partition coefficient (Wildman–Crippen LogP) is 2.10. The summed E-state index contributed by atoms with van der Waals surface area (Å²) in [6.45, 7) is 1.03. The maximum Gasteiger partial charge on any atom is 0.243 e. The lowest BCUT2D eigenvalue weighted by Crippen LogP contribution is -2.45. The zero-order valence-corrected chi connectivity index (χ0v) is 13.8. The zero-order valence-electron chi connectivity index (χ0n) is 12.1. The van der Waals surface area contributed by atoms with Crippen LogP contribution in [0, 0.1) is 0 Å². The van der Waals surface area contributed by atoms with Crippen LogP contribution in [0.5, 0.6) is 0 Å². The first-order valence-corrected chi connectivity index (χ1v) is 8.89. The third-order valence-corrected chi connectivity index (χ3v) is 6.24. The van der Waals surface area contributed by atoms with Gasteiger partial charge in [0.05, 0.1) is 4.90 Å². The molecule has 1 aromatic carbocycles. The fraction of sp³-hybridized carbons (Fsp3) is 0.600. The van der Waals surface area contributed by atoms with Crippen LogP contribution in [0.4, 0.5) is 0 Å². The van der Waals surface area contributed by atoms with E-state index in [1.54, 1.807) is 10.4 Å². The second kappa shape index (κ2) is 6.65. The van der Waals surface area contributed by atoms with Gasteiger partial charge in [-0.25, -0.2) is 8.42 Å². The zero-order chi connectivity index (χ0) is 14.2. The molecule has 1 saturated heterocycles. The summed E-state index contributed by atoms with van der Waals surface area (Å²) in [7, 11) is -3.38. The van der Waals surface area contributed by atoms with Crippen LogP contribution in [-0.4, -0.2) is 31.9 Å². The first-order chi connectivity index (χ1) is 9.57. The smallest absolute Gasteiger partial charge is 0.243 e. The van der Waals surface area contributed by atoms with Crippen molar-refractivity contribution in [2.75, 3.05) is 13.1 Å². The number of hydrogen-bond acceptors (Lipinski definition) is 3. The average Bonchev–Trinajstić information content (AvgIpc) is 2.46. The molecule has 1 aliphatic carbocycles. The Morgan fingerprint density at radius 3 is 2.52 bits per heavy atom. The van der Waals surface area contributed by atoms with Crippen LogP contribution < -0.4 is 5.73 Å². The van der Waals surface area contributed by atoms with Crippen molar-refractivity contribution < 1.29 is 8.42 Å². The molecule has 3 rings (SSSR count). The highest BCUT2D eigenvalue weighted by Crippen LogP contribution is 2.26. The minimum absolute atomic E-state index is 0. The van der Waals surface area contributed by atoms with Crippen LogP contribution in [-0.2, 0) is 22.9 Å². The van der Waals surface area contributed by atoms with Gasteiger partial charge in [0.25, 0.3) is 0 Å². The van der Waals surface area contributed by atoms with Crippen molar-refractivity contribution in [1.82, 2.24) is 4.31 Å². The molecule has 21 heavy (non-hydrogen) atoms. The molecular formula is C15H23ClN2O2S. The van der Waals surface area contributed by atoms with E-state index in [4.69, 9.17) is 5.73 Å². The summed E-state index contributed by atoms with van der Waals surface area (Å²) in [4.78, 5) is 0.437. The van der Waals surface area contributed by atoms with E-state index in [9.17, 15) is 8.42 Å². The minimum Gasteiger partial charge on any atom is -0.327 e. The molecule has 0 radical (unpaired) electrons. The average molecular weight is 331 g/mol. The second-order valence-electron chi connectivity index (χ2n) is 5.90. The molecule has 1 aliphatic heterocycles. The summed E-state index contributed by atoms with van der Waals surface area (Å²) in [5.41, 5.74) is 8.42. The topological polar surface area (TPSA) is 63.4 Å². The van der Waals surface area contributed by atoms with Crippen LogP contribution in [0.25, 0.3) is 0 Å². The first-order valence-electron chi connectivity index (χ1n) is 7.45. The number of hydrogen-bond donors (Lipinski definition) is 1. The van der Waals surface area contributed by atoms with Crippen LogP contribution >= 0.6 is 12.4 Å². The van der Waals surface area contributed by atoms with Crippen molar-refractivity contribution in [1.29, 1.82) is 0 Å². The molecule has 0 amide bonds. The Bertz CT molecular complexity index is 604. The molecule has 0 unspecified atom stereocenters. The monoisotopic (exact) mass is 330 g/mol. The molecule has 0 saturated carbocycles. The summed E-state index contributed by atoms with van der Waals surface area (Å²) in [6.07, 6.45) is 6.20. The Hall–Kier alpha value is -0.620.